The van der Waals surface area contributed by atoms with Crippen molar-refractivity contribution in [3.63, 3.8) is 0 Å². The predicted molar refractivity (Wildman–Crippen MR) is 117 cm³/mol. The number of rotatable bonds is 4. The molecule has 1 saturated heterocycles. The van der Waals surface area contributed by atoms with E-state index < -0.39 is 10.0 Å². The molecule has 4 heterocycles. The summed E-state index contributed by atoms with van der Waals surface area (Å²) in [7, 11) is -3.16. The van der Waals surface area contributed by atoms with Gasteiger partial charge in [-0.3, -0.25) is 4.98 Å². The smallest absolute Gasteiger partial charge is 0.410 e. The van der Waals surface area contributed by atoms with E-state index in [1.165, 1.54) is 10.6 Å². The number of pyridine rings is 1. The molecule has 0 N–H and O–H groups in total. The minimum absolute atomic E-state index is 0.103. The molecule has 1 aromatic rings. The Morgan fingerprint density at radius 3 is 2.61 bits per heavy atom. The number of hydrogen-bond acceptors (Lipinski definition) is 6. The molecule has 3 aliphatic heterocycles. The zero-order valence-electron chi connectivity index (χ0n) is 18.4. The second-order valence-corrected chi connectivity index (χ2v) is 10.9. The lowest BCUT2D eigenvalue weighted by Crippen LogP contribution is -2.43. The summed E-state index contributed by atoms with van der Waals surface area (Å²) in [5, 5.41) is 0. The third kappa shape index (κ3) is 5.03. The van der Waals surface area contributed by atoms with Gasteiger partial charge in [0.1, 0.15) is 11.9 Å². The number of piperidine rings is 1. The number of hydrogen-bond donors (Lipinski definition) is 0. The standard InChI is InChI=1S/C22H31N3O5S/c1-15(2)29-22(26)24-8-4-17(5-9-24)20-13-18-12-19(23-14-21(18)30-20)16-6-10-25(11-7-16)31(3,27)28/h6,12,14-15,17,20H,4-5,7-11,13H2,1-3H3. The van der Waals surface area contributed by atoms with E-state index in [9.17, 15) is 13.2 Å². The van der Waals surface area contributed by atoms with Crippen LogP contribution in [0.2, 0.25) is 0 Å². The summed E-state index contributed by atoms with van der Waals surface area (Å²) >= 11 is 0. The first-order valence-electron chi connectivity index (χ1n) is 11.0. The molecular weight excluding hydrogens is 418 g/mol. The number of likely N-dealkylation sites (tertiary alicyclic amines) is 1. The van der Waals surface area contributed by atoms with Gasteiger partial charge in [0.2, 0.25) is 10.0 Å². The molecule has 0 radical (unpaired) electrons. The Bertz CT molecular complexity index is 967. The number of aromatic nitrogens is 1. The van der Waals surface area contributed by atoms with Crippen LogP contribution in [0.3, 0.4) is 0 Å². The van der Waals surface area contributed by atoms with Gasteiger partial charge in [-0.2, -0.15) is 4.31 Å². The summed E-state index contributed by atoms with van der Waals surface area (Å²) in [6, 6.07) is 2.09. The van der Waals surface area contributed by atoms with Crippen molar-refractivity contribution < 1.29 is 22.7 Å². The van der Waals surface area contributed by atoms with Crippen LogP contribution in [-0.2, 0) is 21.2 Å². The van der Waals surface area contributed by atoms with Gasteiger partial charge in [0.15, 0.2) is 0 Å². The van der Waals surface area contributed by atoms with E-state index in [-0.39, 0.29) is 18.3 Å². The van der Waals surface area contributed by atoms with Crippen molar-refractivity contribution in [2.75, 3.05) is 32.4 Å². The van der Waals surface area contributed by atoms with E-state index >= 15 is 0 Å². The molecule has 1 aromatic heterocycles. The summed E-state index contributed by atoms with van der Waals surface area (Å²) in [6.07, 6.45) is 8.08. The van der Waals surface area contributed by atoms with Crippen LogP contribution >= 0.6 is 0 Å². The summed E-state index contributed by atoms with van der Waals surface area (Å²) < 4.78 is 36.4. The predicted octanol–water partition coefficient (Wildman–Crippen LogP) is 2.69. The van der Waals surface area contributed by atoms with Gasteiger partial charge >= 0.3 is 6.09 Å². The molecule has 0 spiro atoms. The third-order valence-electron chi connectivity index (χ3n) is 6.28. The van der Waals surface area contributed by atoms with E-state index in [0.717, 1.165) is 41.8 Å². The van der Waals surface area contributed by atoms with Crippen LogP contribution in [0.25, 0.3) is 5.57 Å². The molecule has 3 aliphatic rings. The van der Waals surface area contributed by atoms with E-state index in [0.29, 0.717) is 38.5 Å². The van der Waals surface area contributed by atoms with Crippen LogP contribution in [-0.4, -0.2) is 73.3 Å². The third-order valence-corrected chi connectivity index (χ3v) is 7.55. The largest absolute Gasteiger partial charge is 0.488 e. The van der Waals surface area contributed by atoms with E-state index in [4.69, 9.17) is 9.47 Å². The molecule has 1 amide bonds. The van der Waals surface area contributed by atoms with Crippen molar-refractivity contribution >= 4 is 21.7 Å². The van der Waals surface area contributed by atoms with Crippen molar-refractivity contribution in [2.45, 2.75) is 51.7 Å². The highest BCUT2D eigenvalue weighted by atomic mass is 32.2. The highest BCUT2D eigenvalue weighted by Gasteiger charge is 2.35. The number of amides is 1. The van der Waals surface area contributed by atoms with Crippen LogP contribution in [0, 0.1) is 5.92 Å². The molecule has 4 rings (SSSR count). The topological polar surface area (TPSA) is 89.0 Å². The van der Waals surface area contributed by atoms with Crippen LogP contribution in [0.15, 0.2) is 18.3 Å². The molecule has 9 heteroatoms. The molecule has 0 bridgehead atoms. The molecule has 170 valence electrons. The van der Waals surface area contributed by atoms with Gasteiger partial charge in [0.25, 0.3) is 0 Å². The molecule has 1 atom stereocenters. The highest BCUT2D eigenvalue weighted by molar-refractivity contribution is 7.88. The number of carbonyl (C=O) groups is 1. The van der Waals surface area contributed by atoms with E-state index in [2.05, 4.69) is 11.1 Å². The normalized spacial score (nSPS) is 22.8. The van der Waals surface area contributed by atoms with Gasteiger partial charge < -0.3 is 14.4 Å². The maximum atomic E-state index is 12.1. The summed E-state index contributed by atoms with van der Waals surface area (Å²) in [6.45, 7) is 5.99. The van der Waals surface area contributed by atoms with Crippen molar-refractivity contribution in [2.24, 2.45) is 5.92 Å². The Hall–Kier alpha value is -2.13. The second kappa shape index (κ2) is 8.78. The van der Waals surface area contributed by atoms with Crippen LogP contribution in [0.5, 0.6) is 5.75 Å². The molecular formula is C22H31N3O5S. The van der Waals surface area contributed by atoms with Crippen molar-refractivity contribution in [1.29, 1.82) is 0 Å². The van der Waals surface area contributed by atoms with Gasteiger partial charge in [0.05, 0.1) is 24.3 Å². The zero-order valence-corrected chi connectivity index (χ0v) is 19.2. The lowest BCUT2D eigenvalue weighted by Gasteiger charge is -2.34. The Kier molecular flexibility index (Phi) is 6.25. The van der Waals surface area contributed by atoms with Crippen LogP contribution in [0.4, 0.5) is 4.79 Å². The molecule has 1 fully saturated rings. The van der Waals surface area contributed by atoms with Crippen LogP contribution < -0.4 is 4.74 Å². The average Bonchev–Trinajstić information content (AvgIpc) is 3.16. The minimum atomic E-state index is -3.16. The van der Waals surface area contributed by atoms with Crippen molar-refractivity contribution in [1.82, 2.24) is 14.2 Å². The lowest BCUT2D eigenvalue weighted by atomic mass is 9.89. The summed E-state index contributed by atoms with van der Waals surface area (Å²) in [5.41, 5.74) is 3.15. The summed E-state index contributed by atoms with van der Waals surface area (Å²) in [5.74, 6) is 1.24. The van der Waals surface area contributed by atoms with E-state index in [1.807, 2.05) is 19.9 Å². The minimum Gasteiger partial charge on any atom is -0.488 e. The Morgan fingerprint density at radius 1 is 1.26 bits per heavy atom. The van der Waals surface area contributed by atoms with Gasteiger partial charge in [-0.1, -0.05) is 6.08 Å². The second-order valence-electron chi connectivity index (χ2n) is 8.90. The number of nitrogens with zero attached hydrogens (tertiary/aromatic N) is 3. The fraction of sp³-hybridized carbons (Fsp3) is 0.636. The monoisotopic (exact) mass is 449 g/mol. The van der Waals surface area contributed by atoms with Gasteiger partial charge in [-0.15, -0.1) is 0 Å². The van der Waals surface area contributed by atoms with Crippen molar-refractivity contribution in [3.8, 4) is 5.75 Å². The average molecular weight is 450 g/mol. The van der Waals surface area contributed by atoms with E-state index in [1.54, 1.807) is 11.1 Å². The lowest BCUT2D eigenvalue weighted by molar-refractivity contribution is 0.0502. The molecule has 8 nitrogen and oxygen atoms in total. The molecule has 1 unspecified atom stereocenters. The maximum Gasteiger partial charge on any atom is 0.410 e. The first-order chi connectivity index (χ1) is 14.7. The summed E-state index contributed by atoms with van der Waals surface area (Å²) in [4.78, 5) is 18.5. The SMILES string of the molecule is CC(C)OC(=O)N1CCC(C2Cc3cc(C4=CCN(S(C)(=O)=O)CC4)ncc3O2)CC1. The highest BCUT2D eigenvalue weighted by Crippen LogP contribution is 2.36. The Labute approximate surface area is 184 Å². The number of carbonyl (C=O) groups excluding carboxylic acids is 1. The maximum absolute atomic E-state index is 12.1. The molecule has 0 aromatic carbocycles. The fourth-order valence-corrected chi connectivity index (χ4v) is 5.29. The Morgan fingerprint density at radius 2 is 2.00 bits per heavy atom. The van der Waals surface area contributed by atoms with Gasteiger partial charge in [-0.05, 0) is 50.7 Å². The number of fused-ring (bicyclic) bond motifs is 1. The molecule has 0 aliphatic carbocycles. The van der Waals surface area contributed by atoms with Crippen molar-refractivity contribution in [3.05, 3.63) is 29.6 Å². The fourth-order valence-electron chi connectivity index (χ4n) is 4.52. The zero-order chi connectivity index (χ0) is 22.2. The number of sulfonamides is 1. The number of ether oxygens (including phenoxy) is 2. The molecule has 0 saturated carbocycles. The quantitative estimate of drug-likeness (QED) is 0.702. The Balaban J connectivity index is 1.35. The first kappa shape index (κ1) is 22.1. The molecule has 31 heavy (non-hydrogen) atoms. The van der Waals surface area contributed by atoms with Gasteiger partial charge in [-0.25, -0.2) is 13.2 Å². The van der Waals surface area contributed by atoms with Crippen LogP contribution in [0.1, 0.15) is 44.4 Å². The van der Waals surface area contributed by atoms with Gasteiger partial charge in [0, 0.05) is 38.2 Å². The first-order valence-corrected chi connectivity index (χ1v) is 12.8.